The SMILES string of the molecule is CCOC1CC(NC(=NC)NC2CCN(S(=O)(=O)CC)CC2)C12CCCCC2.I. The number of guanidine groups is 1. The van der Waals surface area contributed by atoms with Crippen molar-refractivity contribution in [1.29, 1.82) is 0 Å². The molecule has 0 bridgehead atoms. The summed E-state index contributed by atoms with van der Waals surface area (Å²) in [5.41, 5.74) is 0.254. The summed E-state index contributed by atoms with van der Waals surface area (Å²) < 4.78 is 31.8. The van der Waals surface area contributed by atoms with Crippen molar-refractivity contribution in [1.82, 2.24) is 14.9 Å². The lowest BCUT2D eigenvalue weighted by Crippen LogP contribution is -2.67. The predicted octanol–water partition coefficient (Wildman–Crippen LogP) is 2.71. The summed E-state index contributed by atoms with van der Waals surface area (Å²) in [6.07, 6.45) is 9.43. The van der Waals surface area contributed by atoms with Crippen molar-refractivity contribution in [3.8, 4) is 0 Å². The number of halogens is 1. The summed E-state index contributed by atoms with van der Waals surface area (Å²) in [5.74, 6) is 1.03. The van der Waals surface area contributed by atoms with Gasteiger partial charge in [-0.3, -0.25) is 4.99 Å². The van der Waals surface area contributed by atoms with Crippen LogP contribution >= 0.6 is 24.0 Å². The van der Waals surface area contributed by atoms with Crippen LogP contribution in [0.25, 0.3) is 0 Å². The molecule has 2 saturated carbocycles. The number of aliphatic imine (C=N–C) groups is 1. The van der Waals surface area contributed by atoms with Gasteiger partial charge in [0.1, 0.15) is 0 Å². The van der Waals surface area contributed by atoms with Crippen molar-refractivity contribution >= 4 is 40.0 Å². The molecule has 0 aromatic heterocycles. The fourth-order valence-electron chi connectivity index (χ4n) is 5.26. The van der Waals surface area contributed by atoms with Gasteiger partial charge in [0.2, 0.25) is 10.0 Å². The van der Waals surface area contributed by atoms with Gasteiger partial charge in [-0.2, -0.15) is 0 Å². The number of piperidine rings is 1. The Morgan fingerprint density at radius 2 is 1.79 bits per heavy atom. The van der Waals surface area contributed by atoms with Gasteiger partial charge < -0.3 is 15.4 Å². The molecule has 1 saturated heterocycles. The van der Waals surface area contributed by atoms with Crippen molar-refractivity contribution in [2.24, 2.45) is 10.4 Å². The van der Waals surface area contributed by atoms with E-state index >= 15 is 0 Å². The highest BCUT2D eigenvalue weighted by atomic mass is 127. The average molecular weight is 543 g/mol. The fraction of sp³-hybridized carbons (Fsp3) is 0.950. The van der Waals surface area contributed by atoms with Gasteiger partial charge in [0.15, 0.2) is 5.96 Å². The predicted molar refractivity (Wildman–Crippen MR) is 128 cm³/mol. The molecule has 2 N–H and O–H groups in total. The van der Waals surface area contributed by atoms with Gasteiger partial charge in [-0.25, -0.2) is 12.7 Å². The van der Waals surface area contributed by atoms with Crippen LogP contribution in [0.2, 0.25) is 0 Å². The monoisotopic (exact) mass is 542 g/mol. The minimum atomic E-state index is -3.08. The van der Waals surface area contributed by atoms with E-state index in [0.717, 1.165) is 31.8 Å². The van der Waals surface area contributed by atoms with E-state index in [1.807, 2.05) is 7.05 Å². The Kier molecular flexibility index (Phi) is 9.49. The molecule has 3 aliphatic rings. The van der Waals surface area contributed by atoms with E-state index in [0.29, 0.717) is 25.2 Å². The number of sulfonamides is 1. The van der Waals surface area contributed by atoms with Crippen molar-refractivity contribution in [2.45, 2.75) is 83.4 Å². The normalized spacial score (nSPS) is 28.4. The Hall–Kier alpha value is -0.130. The molecule has 1 heterocycles. The van der Waals surface area contributed by atoms with Gasteiger partial charge in [0.25, 0.3) is 0 Å². The molecule has 3 fully saturated rings. The number of hydrogen-bond donors (Lipinski definition) is 2. The van der Waals surface area contributed by atoms with Crippen LogP contribution in [0.3, 0.4) is 0 Å². The van der Waals surface area contributed by atoms with Crippen LogP contribution in [0.1, 0.15) is 65.2 Å². The van der Waals surface area contributed by atoms with Crippen molar-refractivity contribution in [3.63, 3.8) is 0 Å². The van der Waals surface area contributed by atoms with Crippen molar-refractivity contribution < 1.29 is 13.2 Å². The zero-order chi connectivity index (χ0) is 20.2. The third-order valence-corrected chi connectivity index (χ3v) is 8.91. The highest BCUT2D eigenvalue weighted by Gasteiger charge is 2.55. The summed E-state index contributed by atoms with van der Waals surface area (Å²) >= 11 is 0. The molecule has 2 aliphatic carbocycles. The maximum atomic E-state index is 12.0. The molecule has 170 valence electrons. The van der Waals surface area contributed by atoms with Crippen LogP contribution in [-0.4, -0.2) is 69.4 Å². The topological polar surface area (TPSA) is 83.0 Å². The molecule has 1 aliphatic heterocycles. The average Bonchev–Trinajstić information content (AvgIpc) is 2.73. The standard InChI is InChI=1S/C20H38N4O3S.HI/c1-4-27-18-15-17(20(18)11-7-6-8-12-20)23-19(21-3)22-16-9-13-24(14-10-16)28(25,26)5-2;/h16-18H,4-15H2,1-3H3,(H2,21,22,23);1H. The first-order chi connectivity index (χ1) is 13.4. The molecule has 9 heteroatoms. The third kappa shape index (κ3) is 5.57. The second-order valence-electron chi connectivity index (χ2n) is 8.46. The summed E-state index contributed by atoms with van der Waals surface area (Å²) in [6, 6.07) is 0.677. The molecule has 3 rings (SSSR count). The molecule has 0 radical (unpaired) electrons. The molecular formula is C20H39IN4O3S. The number of hydrogen-bond acceptors (Lipinski definition) is 4. The molecule has 2 atom stereocenters. The van der Waals surface area contributed by atoms with E-state index in [-0.39, 0.29) is 41.2 Å². The Bertz CT molecular complexity index is 644. The number of nitrogens with zero attached hydrogens (tertiary/aromatic N) is 2. The minimum absolute atomic E-state index is 0. The quantitative estimate of drug-likeness (QED) is 0.307. The lowest BCUT2D eigenvalue weighted by Gasteiger charge is -2.58. The second kappa shape index (κ2) is 10.9. The number of ether oxygens (including phenoxy) is 1. The molecule has 0 amide bonds. The Balaban J connectivity index is 0.00000300. The van der Waals surface area contributed by atoms with E-state index < -0.39 is 10.0 Å². The van der Waals surface area contributed by atoms with Crippen LogP contribution in [-0.2, 0) is 14.8 Å². The fourth-order valence-corrected chi connectivity index (χ4v) is 6.39. The molecule has 1 spiro atoms. The van der Waals surface area contributed by atoms with Crippen molar-refractivity contribution in [3.05, 3.63) is 0 Å². The Morgan fingerprint density at radius 1 is 1.14 bits per heavy atom. The largest absolute Gasteiger partial charge is 0.378 e. The highest BCUT2D eigenvalue weighted by Crippen LogP contribution is 2.53. The summed E-state index contributed by atoms with van der Waals surface area (Å²) in [5, 5.41) is 7.22. The summed E-state index contributed by atoms with van der Waals surface area (Å²) in [7, 11) is -1.26. The zero-order valence-electron chi connectivity index (χ0n) is 18.2. The van der Waals surface area contributed by atoms with Crippen LogP contribution in [0.5, 0.6) is 0 Å². The molecular weight excluding hydrogens is 503 g/mol. The lowest BCUT2D eigenvalue weighted by atomic mass is 9.55. The van der Waals surface area contributed by atoms with Gasteiger partial charge in [-0.05, 0) is 46.0 Å². The first-order valence-electron chi connectivity index (χ1n) is 11.0. The molecule has 2 unspecified atom stereocenters. The molecule has 7 nitrogen and oxygen atoms in total. The maximum absolute atomic E-state index is 12.0. The van der Waals surface area contributed by atoms with Crippen LogP contribution < -0.4 is 10.6 Å². The van der Waals surface area contributed by atoms with E-state index in [9.17, 15) is 8.42 Å². The van der Waals surface area contributed by atoms with Gasteiger partial charge in [-0.15, -0.1) is 24.0 Å². The highest BCUT2D eigenvalue weighted by molar-refractivity contribution is 14.0. The number of rotatable bonds is 6. The van der Waals surface area contributed by atoms with E-state index in [4.69, 9.17) is 4.74 Å². The summed E-state index contributed by atoms with van der Waals surface area (Å²) in [6.45, 7) is 5.75. The van der Waals surface area contributed by atoms with E-state index in [1.54, 1.807) is 11.2 Å². The first kappa shape index (κ1) is 25.1. The lowest BCUT2D eigenvalue weighted by molar-refractivity contribution is -0.145. The van der Waals surface area contributed by atoms with Crippen LogP contribution in [0, 0.1) is 5.41 Å². The number of nitrogens with one attached hydrogen (secondary N) is 2. The molecule has 0 aromatic carbocycles. The molecule has 0 aromatic rings. The van der Waals surface area contributed by atoms with E-state index in [2.05, 4.69) is 22.5 Å². The summed E-state index contributed by atoms with van der Waals surface area (Å²) in [4.78, 5) is 4.46. The van der Waals surface area contributed by atoms with Gasteiger partial charge >= 0.3 is 0 Å². The van der Waals surface area contributed by atoms with Gasteiger partial charge in [0.05, 0.1) is 11.9 Å². The van der Waals surface area contributed by atoms with Crippen LogP contribution in [0.4, 0.5) is 0 Å². The molecule has 29 heavy (non-hydrogen) atoms. The van der Waals surface area contributed by atoms with Gasteiger partial charge in [0, 0.05) is 44.2 Å². The zero-order valence-corrected chi connectivity index (χ0v) is 21.3. The van der Waals surface area contributed by atoms with E-state index in [1.165, 1.54) is 32.1 Å². The first-order valence-corrected chi connectivity index (χ1v) is 12.7. The second-order valence-corrected chi connectivity index (χ2v) is 10.7. The van der Waals surface area contributed by atoms with Crippen molar-refractivity contribution in [2.75, 3.05) is 32.5 Å². The maximum Gasteiger partial charge on any atom is 0.213 e. The smallest absolute Gasteiger partial charge is 0.213 e. The Morgan fingerprint density at radius 3 is 2.34 bits per heavy atom. The minimum Gasteiger partial charge on any atom is -0.378 e. The Labute approximate surface area is 193 Å². The third-order valence-electron chi connectivity index (χ3n) is 7.02. The van der Waals surface area contributed by atoms with Gasteiger partial charge in [-0.1, -0.05) is 19.3 Å². The van der Waals surface area contributed by atoms with Crippen LogP contribution in [0.15, 0.2) is 4.99 Å².